The van der Waals surface area contributed by atoms with Gasteiger partial charge in [0.05, 0.1) is 12.8 Å². The molecule has 0 saturated carbocycles. The normalized spacial score (nSPS) is 10.5. The van der Waals surface area contributed by atoms with Gasteiger partial charge in [0.2, 0.25) is 0 Å². The molecule has 0 amide bonds. The number of nitrogens with zero attached hydrogens (tertiary/aromatic N) is 2. The van der Waals surface area contributed by atoms with Gasteiger partial charge in [0.25, 0.3) is 0 Å². The third-order valence-electron chi connectivity index (χ3n) is 2.77. The standard InChI is InChI=1S/C12H15N3O3S/c1-6-9(7(2)18-15-6)5-13-12-14-10(8(3)19-12)11(16)17-4/h5H2,1-4H3,(H,13,14). The highest BCUT2D eigenvalue weighted by Gasteiger charge is 2.16. The van der Waals surface area contributed by atoms with Crippen LogP contribution in [0.3, 0.4) is 0 Å². The lowest BCUT2D eigenvalue weighted by atomic mass is 10.2. The van der Waals surface area contributed by atoms with Gasteiger partial charge in [-0.2, -0.15) is 0 Å². The van der Waals surface area contributed by atoms with Crippen LogP contribution in [-0.2, 0) is 11.3 Å². The van der Waals surface area contributed by atoms with Crippen molar-refractivity contribution < 1.29 is 14.1 Å². The first kappa shape index (κ1) is 13.5. The average molecular weight is 281 g/mol. The third-order valence-corrected chi connectivity index (χ3v) is 3.70. The number of thiazole rings is 1. The maximum atomic E-state index is 11.5. The van der Waals surface area contributed by atoms with Crippen LogP contribution >= 0.6 is 11.3 Å². The number of carbonyl (C=O) groups excluding carboxylic acids is 1. The second kappa shape index (κ2) is 5.40. The SMILES string of the molecule is COC(=O)c1nc(NCc2c(C)noc2C)sc1C. The van der Waals surface area contributed by atoms with Gasteiger partial charge >= 0.3 is 5.97 Å². The predicted molar refractivity (Wildman–Crippen MR) is 71.5 cm³/mol. The second-order valence-corrected chi connectivity index (χ2v) is 5.27. The fourth-order valence-electron chi connectivity index (χ4n) is 1.68. The van der Waals surface area contributed by atoms with E-state index in [1.165, 1.54) is 18.4 Å². The molecule has 0 spiro atoms. The van der Waals surface area contributed by atoms with Gasteiger partial charge in [-0.3, -0.25) is 0 Å². The molecule has 0 aliphatic rings. The summed E-state index contributed by atoms with van der Waals surface area (Å²) in [6, 6.07) is 0. The summed E-state index contributed by atoms with van der Waals surface area (Å²) in [7, 11) is 1.35. The molecule has 0 atom stereocenters. The minimum atomic E-state index is -0.417. The van der Waals surface area contributed by atoms with Gasteiger partial charge < -0.3 is 14.6 Å². The number of hydrogen-bond acceptors (Lipinski definition) is 7. The summed E-state index contributed by atoms with van der Waals surface area (Å²) in [4.78, 5) is 16.5. The number of nitrogens with one attached hydrogen (secondary N) is 1. The van der Waals surface area contributed by atoms with Gasteiger partial charge in [-0.15, -0.1) is 11.3 Å². The molecule has 6 nitrogen and oxygen atoms in total. The molecular weight excluding hydrogens is 266 g/mol. The number of aromatic nitrogens is 2. The van der Waals surface area contributed by atoms with Gasteiger partial charge in [-0.05, 0) is 20.8 Å². The van der Waals surface area contributed by atoms with E-state index in [1.807, 2.05) is 20.8 Å². The summed E-state index contributed by atoms with van der Waals surface area (Å²) >= 11 is 1.42. The van der Waals surface area contributed by atoms with Gasteiger partial charge in [0.15, 0.2) is 10.8 Å². The summed E-state index contributed by atoms with van der Waals surface area (Å²) in [5.41, 5.74) is 2.22. The monoisotopic (exact) mass is 281 g/mol. The maximum Gasteiger partial charge on any atom is 0.357 e. The largest absolute Gasteiger partial charge is 0.464 e. The number of methoxy groups -OCH3 is 1. The zero-order valence-electron chi connectivity index (χ0n) is 11.2. The topological polar surface area (TPSA) is 77.2 Å². The van der Waals surface area contributed by atoms with E-state index < -0.39 is 5.97 Å². The Morgan fingerprint density at radius 3 is 2.74 bits per heavy atom. The number of rotatable bonds is 4. The molecule has 0 aromatic carbocycles. The lowest BCUT2D eigenvalue weighted by Gasteiger charge is -2.01. The van der Waals surface area contributed by atoms with Crippen molar-refractivity contribution in [2.24, 2.45) is 0 Å². The molecule has 0 aliphatic carbocycles. The van der Waals surface area contributed by atoms with Crippen LogP contribution in [-0.4, -0.2) is 23.2 Å². The zero-order valence-corrected chi connectivity index (χ0v) is 12.1. The van der Waals surface area contributed by atoms with Gasteiger partial charge in [0.1, 0.15) is 5.76 Å². The Morgan fingerprint density at radius 1 is 1.42 bits per heavy atom. The van der Waals surface area contributed by atoms with E-state index >= 15 is 0 Å². The Labute approximate surface area is 114 Å². The van der Waals surface area contributed by atoms with Crippen LogP contribution in [0.2, 0.25) is 0 Å². The first-order valence-corrected chi connectivity index (χ1v) is 6.56. The summed E-state index contributed by atoms with van der Waals surface area (Å²) in [6.45, 7) is 6.16. The first-order valence-electron chi connectivity index (χ1n) is 5.74. The van der Waals surface area contributed by atoms with Crippen molar-refractivity contribution in [3.63, 3.8) is 0 Å². The second-order valence-electron chi connectivity index (χ2n) is 4.07. The Morgan fingerprint density at radius 2 is 2.16 bits per heavy atom. The minimum Gasteiger partial charge on any atom is -0.464 e. The number of esters is 1. The van der Waals surface area contributed by atoms with Crippen molar-refractivity contribution in [2.75, 3.05) is 12.4 Å². The third kappa shape index (κ3) is 2.76. The van der Waals surface area contributed by atoms with Crippen LogP contribution in [0.15, 0.2) is 4.52 Å². The molecule has 0 radical (unpaired) electrons. The highest BCUT2D eigenvalue weighted by atomic mass is 32.1. The van der Waals surface area contributed by atoms with Crippen LogP contribution in [0.5, 0.6) is 0 Å². The number of carbonyl (C=O) groups is 1. The highest BCUT2D eigenvalue weighted by Crippen LogP contribution is 2.24. The Kier molecular flexibility index (Phi) is 3.84. The Bertz CT molecular complexity index is 584. The van der Waals surface area contributed by atoms with Crippen molar-refractivity contribution in [3.8, 4) is 0 Å². The molecule has 0 aliphatic heterocycles. The van der Waals surface area contributed by atoms with E-state index in [1.54, 1.807) is 0 Å². The molecule has 0 bridgehead atoms. The van der Waals surface area contributed by atoms with Crippen molar-refractivity contribution in [2.45, 2.75) is 27.3 Å². The zero-order chi connectivity index (χ0) is 14.0. The summed E-state index contributed by atoms with van der Waals surface area (Å²) < 4.78 is 9.76. The predicted octanol–water partition coefficient (Wildman–Crippen LogP) is 2.46. The lowest BCUT2D eigenvalue weighted by Crippen LogP contribution is -2.05. The molecule has 2 heterocycles. The summed E-state index contributed by atoms with van der Waals surface area (Å²) in [5.74, 6) is 0.366. The fraction of sp³-hybridized carbons (Fsp3) is 0.417. The highest BCUT2D eigenvalue weighted by molar-refractivity contribution is 7.15. The van der Waals surface area contributed by atoms with E-state index in [9.17, 15) is 4.79 Å². The number of hydrogen-bond donors (Lipinski definition) is 1. The van der Waals surface area contributed by atoms with Crippen molar-refractivity contribution >= 4 is 22.4 Å². The molecule has 0 unspecified atom stereocenters. The van der Waals surface area contributed by atoms with E-state index in [0.717, 1.165) is 21.9 Å². The lowest BCUT2D eigenvalue weighted by molar-refractivity contribution is 0.0594. The van der Waals surface area contributed by atoms with Crippen molar-refractivity contribution in [1.29, 1.82) is 0 Å². The molecule has 7 heteroatoms. The Hall–Kier alpha value is -1.89. The van der Waals surface area contributed by atoms with Crippen LogP contribution in [0.4, 0.5) is 5.13 Å². The quantitative estimate of drug-likeness (QED) is 0.867. The van der Waals surface area contributed by atoms with Gasteiger partial charge in [-0.25, -0.2) is 9.78 Å². The van der Waals surface area contributed by atoms with Crippen molar-refractivity contribution in [3.05, 3.63) is 27.6 Å². The smallest absolute Gasteiger partial charge is 0.357 e. The molecule has 2 aromatic rings. The van der Waals surface area contributed by atoms with E-state index in [2.05, 4.69) is 20.2 Å². The first-order chi connectivity index (χ1) is 9.02. The van der Waals surface area contributed by atoms with Crippen molar-refractivity contribution in [1.82, 2.24) is 10.1 Å². The molecule has 2 rings (SSSR count). The number of aryl methyl sites for hydroxylation is 3. The maximum absolute atomic E-state index is 11.5. The van der Waals surface area contributed by atoms with Crippen LogP contribution in [0.25, 0.3) is 0 Å². The van der Waals surface area contributed by atoms with Crippen LogP contribution in [0.1, 0.15) is 32.4 Å². The molecule has 102 valence electrons. The fourth-order valence-corrected chi connectivity index (χ4v) is 2.47. The van der Waals surface area contributed by atoms with Crippen LogP contribution < -0.4 is 5.32 Å². The molecule has 0 saturated heterocycles. The van der Waals surface area contributed by atoms with E-state index in [4.69, 9.17) is 4.52 Å². The van der Waals surface area contributed by atoms with E-state index in [0.29, 0.717) is 17.4 Å². The number of anilines is 1. The number of ether oxygens (including phenoxy) is 1. The minimum absolute atomic E-state index is 0.355. The average Bonchev–Trinajstić information content (AvgIpc) is 2.90. The van der Waals surface area contributed by atoms with Gasteiger partial charge in [-0.1, -0.05) is 5.16 Å². The molecular formula is C12H15N3O3S. The van der Waals surface area contributed by atoms with Crippen LogP contribution in [0, 0.1) is 20.8 Å². The molecule has 0 fully saturated rings. The Balaban J connectivity index is 2.11. The van der Waals surface area contributed by atoms with Gasteiger partial charge in [0, 0.05) is 17.0 Å². The summed E-state index contributed by atoms with van der Waals surface area (Å²) in [5, 5.41) is 7.73. The molecule has 19 heavy (non-hydrogen) atoms. The molecule has 1 N–H and O–H groups in total. The van der Waals surface area contributed by atoms with E-state index in [-0.39, 0.29) is 0 Å². The molecule has 2 aromatic heterocycles. The summed E-state index contributed by atoms with van der Waals surface area (Å²) in [6.07, 6.45) is 0.